The largest absolute Gasteiger partial charge is 0.508 e. The fourth-order valence-electron chi connectivity index (χ4n) is 9.62. The summed E-state index contributed by atoms with van der Waals surface area (Å²) in [7, 11) is 1.45. The minimum atomic E-state index is -3.10. The van der Waals surface area contributed by atoms with Gasteiger partial charge in [-0.05, 0) is 64.8 Å². The minimum Gasteiger partial charge on any atom is -0.508 e. The molecule has 21 heteroatoms. The lowest BCUT2D eigenvalue weighted by atomic mass is 9.57. The van der Waals surface area contributed by atoms with E-state index < -0.39 is 130 Å². The third-order valence-corrected chi connectivity index (χ3v) is 13.1. The zero-order valence-corrected chi connectivity index (χ0v) is 38.7. The van der Waals surface area contributed by atoms with Gasteiger partial charge in [-0.3, -0.25) is 14.4 Å². The van der Waals surface area contributed by atoms with Crippen molar-refractivity contribution in [2.45, 2.75) is 50.9 Å². The van der Waals surface area contributed by atoms with Crippen molar-refractivity contribution in [2.24, 2.45) is 17.6 Å². The number of anilines is 3. The van der Waals surface area contributed by atoms with Crippen molar-refractivity contribution in [1.82, 2.24) is 10.9 Å². The van der Waals surface area contributed by atoms with Gasteiger partial charge in [-0.1, -0.05) is 103 Å². The Labute approximate surface area is 415 Å². The Morgan fingerprint density at radius 3 is 2.04 bits per heavy atom. The van der Waals surface area contributed by atoms with Crippen molar-refractivity contribution in [3.8, 4) is 5.75 Å². The summed E-state index contributed by atoms with van der Waals surface area (Å²) in [5, 5.41) is 50.3. The summed E-state index contributed by atoms with van der Waals surface area (Å²) in [6.45, 7) is -1.53. The maximum absolute atomic E-state index is 15.1. The fourth-order valence-corrected chi connectivity index (χ4v) is 9.62. The molecule has 3 aliphatic carbocycles. The van der Waals surface area contributed by atoms with Crippen LogP contribution < -0.4 is 31.5 Å². The second-order valence-corrected chi connectivity index (χ2v) is 17.5. The number of hydrogen-bond donors (Lipinski definition) is 7. The number of fused-ring (bicyclic) bond motifs is 2. The first-order valence-electron chi connectivity index (χ1n) is 22.7. The second kappa shape index (κ2) is 19.8. The molecule has 0 spiro atoms. The van der Waals surface area contributed by atoms with Gasteiger partial charge in [0, 0.05) is 24.2 Å². The molecule has 5 aromatic rings. The molecule has 73 heavy (non-hydrogen) atoms. The summed E-state index contributed by atoms with van der Waals surface area (Å²) in [6.07, 6.45) is -6.01. The van der Waals surface area contributed by atoms with Gasteiger partial charge in [0.15, 0.2) is 17.1 Å². The number of phenolic OH excluding ortho intramolecular Hbond substituents is 1. The average molecular weight is 995 g/mol. The molecule has 5 amide bonds. The van der Waals surface area contributed by atoms with Crippen LogP contribution in [0.15, 0.2) is 138 Å². The number of nitrogens with one attached hydrogen (secondary N) is 2. The van der Waals surface area contributed by atoms with E-state index in [9.17, 15) is 49.2 Å². The predicted octanol–water partition coefficient (Wildman–Crippen LogP) is 5.82. The molecule has 5 aromatic carbocycles. The summed E-state index contributed by atoms with van der Waals surface area (Å²) in [5.74, 6) is -10.1. The highest BCUT2D eigenvalue weighted by Crippen LogP contribution is 2.55. The predicted molar refractivity (Wildman–Crippen MR) is 257 cm³/mol. The van der Waals surface area contributed by atoms with Gasteiger partial charge >= 0.3 is 24.4 Å². The number of likely N-dealkylation sites (N-methyl/N-ethyl adjacent to an activating group) is 1. The Morgan fingerprint density at radius 2 is 1.42 bits per heavy atom. The number of nitrogens with zero attached hydrogens (tertiary/aromatic N) is 3. The number of amides is 5. The van der Waals surface area contributed by atoms with Crippen LogP contribution in [-0.4, -0.2) is 81.0 Å². The van der Waals surface area contributed by atoms with Crippen molar-refractivity contribution in [3.63, 3.8) is 0 Å². The van der Waals surface area contributed by atoms with Gasteiger partial charge in [-0.25, -0.2) is 30.0 Å². The Hall–Kier alpha value is -9.37. The number of hydrazine groups is 2. The first kappa shape index (κ1) is 48.6. The van der Waals surface area contributed by atoms with Crippen molar-refractivity contribution in [3.05, 3.63) is 172 Å². The number of aliphatic hydroxyl groups excluding tert-OH is 2. The molecule has 2 unspecified atom stereocenters. The molecule has 0 aromatic heterocycles. The molecule has 0 radical (unpaired) electrons. The number of aromatic hydroxyl groups is 1. The molecule has 4 aliphatic rings. The van der Waals surface area contributed by atoms with Crippen LogP contribution in [0.1, 0.15) is 39.8 Å². The van der Waals surface area contributed by atoms with Gasteiger partial charge in [0.25, 0.3) is 5.91 Å². The number of Topliss-reactive ketones (excluding diaryl/α,β-unsaturated/α-hetero) is 2. The number of ether oxygens (including phenoxy) is 4. The zero-order valence-electron chi connectivity index (χ0n) is 38.7. The standard InChI is InChI=1S/C52H46N6O15/c1-56-33-19-11-18-31(20-33)27-71-48(65)54-57(50(67)72-25-29-14-7-3-8-15-29)36-23-37(58(51(68)73-26-30-16-9-4-10-17-30)55-49(66)70-24-28-12-5-2-6-13-28)42(59)39-34(36)21-32-22-35-41(56)44(61)40(47(53)64)46(63)52(35,69)45(62)38(32)43(39)60/h2-20,23,32,35,41,59-60,63,69H,21-22,24-27H2,1H3,(H2,53,64)(H,54,65)(H,55,66)/t32?,35?,41-,52-/m0/s1. The first-order chi connectivity index (χ1) is 35.1. The van der Waals surface area contributed by atoms with Crippen molar-refractivity contribution in [1.29, 1.82) is 0 Å². The number of ketones is 2. The molecular formula is C52H46N6O15. The van der Waals surface area contributed by atoms with E-state index in [1.807, 2.05) is 0 Å². The Kier molecular flexibility index (Phi) is 13.2. The number of hydrogen-bond acceptors (Lipinski definition) is 16. The number of carbonyl (C=O) groups excluding carboxylic acids is 7. The van der Waals surface area contributed by atoms with Crippen LogP contribution in [0.2, 0.25) is 0 Å². The lowest BCUT2D eigenvalue weighted by molar-refractivity contribution is -0.149. The average Bonchev–Trinajstić information content (AvgIpc) is 3.39. The Bertz CT molecular complexity index is 3130. The number of aliphatic hydroxyl groups is 3. The van der Waals surface area contributed by atoms with Gasteiger partial charge in [-0.15, -0.1) is 0 Å². The molecule has 21 nitrogen and oxygen atoms in total. The summed E-state index contributed by atoms with van der Waals surface area (Å²) in [5.41, 5.74) is 5.57. The number of nitrogens with two attached hydrogens (primary N) is 1. The first-order valence-corrected chi connectivity index (χ1v) is 22.7. The van der Waals surface area contributed by atoms with Crippen LogP contribution >= 0.6 is 0 Å². The molecular weight excluding hydrogens is 949 g/mol. The molecule has 1 fully saturated rings. The van der Waals surface area contributed by atoms with E-state index in [0.29, 0.717) is 32.3 Å². The van der Waals surface area contributed by atoms with Gasteiger partial charge < -0.3 is 50.0 Å². The van der Waals surface area contributed by atoms with E-state index in [4.69, 9.17) is 24.7 Å². The maximum Gasteiger partial charge on any atom is 0.434 e. The molecule has 1 saturated carbocycles. The van der Waals surface area contributed by atoms with Gasteiger partial charge in [0.2, 0.25) is 5.78 Å². The lowest BCUT2D eigenvalue weighted by Gasteiger charge is -2.51. The van der Waals surface area contributed by atoms with E-state index in [2.05, 4.69) is 10.9 Å². The highest BCUT2D eigenvalue weighted by Gasteiger charge is 2.65. The third kappa shape index (κ3) is 9.15. The third-order valence-electron chi connectivity index (χ3n) is 13.1. The quantitative estimate of drug-likeness (QED) is 0.0547. The van der Waals surface area contributed by atoms with Gasteiger partial charge in [0.1, 0.15) is 49.2 Å². The van der Waals surface area contributed by atoms with Crippen LogP contribution in [0.4, 0.5) is 36.2 Å². The van der Waals surface area contributed by atoms with Crippen LogP contribution in [0.25, 0.3) is 5.76 Å². The van der Waals surface area contributed by atoms with E-state index in [-0.39, 0.29) is 30.9 Å². The van der Waals surface area contributed by atoms with E-state index >= 15 is 4.79 Å². The molecule has 1 heterocycles. The molecule has 5 bridgehead atoms. The Balaban J connectivity index is 1.26. The van der Waals surface area contributed by atoms with E-state index in [1.54, 1.807) is 109 Å². The normalized spacial score (nSPS) is 20.1. The smallest absolute Gasteiger partial charge is 0.434 e. The van der Waals surface area contributed by atoms with E-state index in [0.717, 1.165) is 6.07 Å². The topological polar surface area (TPSA) is 297 Å². The summed E-state index contributed by atoms with van der Waals surface area (Å²) in [4.78, 5) is 100. The molecule has 9 rings (SSSR count). The summed E-state index contributed by atoms with van der Waals surface area (Å²) < 4.78 is 22.3. The highest BCUT2D eigenvalue weighted by molar-refractivity contribution is 6.25. The molecule has 8 N–H and O–H groups in total. The number of carbonyl (C=O) groups is 7. The van der Waals surface area contributed by atoms with Crippen molar-refractivity contribution < 1.29 is 72.9 Å². The Morgan fingerprint density at radius 1 is 0.822 bits per heavy atom. The van der Waals surface area contributed by atoms with Gasteiger partial charge in [-0.2, -0.15) is 10.0 Å². The number of phenols is 1. The van der Waals surface area contributed by atoms with Crippen LogP contribution in [-0.2, 0) is 66.2 Å². The number of primary amides is 1. The van der Waals surface area contributed by atoms with Crippen LogP contribution in [0, 0.1) is 11.8 Å². The number of benzene rings is 5. The number of rotatable bonds is 8. The molecule has 374 valence electrons. The SMILES string of the molecule is CN1c2cccc(c2)COC(=O)NN(C(=O)OCc2ccccc2)c2cc(N(NC(=O)OCc3ccccc3)C(=O)OCc3ccccc3)c(O)c3c2CC2CC4[C@H]1C(=O)C(C(N)=O)=C(O)[C@@]4(O)C(=O)C2=C3O. The summed E-state index contributed by atoms with van der Waals surface area (Å²) in [6, 6.07) is 30.9. The minimum absolute atomic E-state index is 0.186. The molecule has 4 atom stereocenters. The number of cyclic esters (lactones) is 1. The monoisotopic (exact) mass is 994 g/mol. The highest BCUT2D eigenvalue weighted by atomic mass is 16.6. The van der Waals surface area contributed by atoms with Gasteiger partial charge in [0.05, 0.1) is 17.3 Å². The molecule has 0 saturated heterocycles. The van der Waals surface area contributed by atoms with Crippen molar-refractivity contribution >= 4 is 64.7 Å². The second-order valence-electron chi connectivity index (χ2n) is 17.5. The van der Waals surface area contributed by atoms with Crippen LogP contribution in [0.3, 0.4) is 0 Å². The summed E-state index contributed by atoms with van der Waals surface area (Å²) >= 11 is 0. The zero-order chi connectivity index (χ0) is 51.7. The van der Waals surface area contributed by atoms with Crippen LogP contribution in [0.5, 0.6) is 5.75 Å². The van der Waals surface area contributed by atoms with E-state index in [1.165, 1.54) is 18.0 Å². The van der Waals surface area contributed by atoms with Crippen molar-refractivity contribution in [2.75, 3.05) is 22.0 Å². The molecule has 1 aliphatic heterocycles. The lowest BCUT2D eigenvalue weighted by Crippen LogP contribution is -2.66. The fraction of sp³-hybridized carbons (Fsp3) is 0.212. The maximum atomic E-state index is 15.1.